The highest BCUT2D eigenvalue weighted by Gasteiger charge is 2.41. The van der Waals surface area contributed by atoms with Gasteiger partial charge >= 0.3 is 5.97 Å². The molecule has 1 aliphatic rings. The van der Waals surface area contributed by atoms with Crippen LogP contribution < -0.4 is 0 Å². The number of carbonyl (C=O) groups excluding carboxylic acids is 1. The number of rotatable bonds is 6. The second kappa shape index (κ2) is 8.41. The van der Waals surface area contributed by atoms with Crippen LogP contribution in [-0.2, 0) is 15.3 Å². The first kappa shape index (κ1) is 18.5. The van der Waals surface area contributed by atoms with E-state index in [1.54, 1.807) is 16.7 Å². The topological polar surface area (TPSA) is 57.6 Å². The third-order valence-electron chi connectivity index (χ3n) is 4.87. The summed E-state index contributed by atoms with van der Waals surface area (Å²) in [7, 11) is 0. The molecule has 1 fully saturated rings. The molecule has 26 heavy (non-hydrogen) atoms. The minimum atomic E-state index is -0.834. The summed E-state index contributed by atoms with van der Waals surface area (Å²) in [5.41, 5.74) is 2.17. The van der Waals surface area contributed by atoms with Crippen molar-refractivity contribution in [2.24, 2.45) is 5.92 Å². The molecular formula is C21H23NO3S. The Morgan fingerprint density at radius 3 is 2.31 bits per heavy atom. The van der Waals surface area contributed by atoms with Crippen LogP contribution >= 0.6 is 11.8 Å². The second-order valence-corrected chi connectivity index (χ2v) is 7.97. The lowest BCUT2D eigenvalue weighted by Gasteiger charge is -2.21. The average molecular weight is 369 g/mol. The van der Waals surface area contributed by atoms with Gasteiger partial charge in [0.05, 0.1) is 11.2 Å². The van der Waals surface area contributed by atoms with Gasteiger partial charge in [0.2, 0.25) is 5.91 Å². The van der Waals surface area contributed by atoms with Crippen LogP contribution in [0, 0.1) is 5.92 Å². The van der Waals surface area contributed by atoms with Crippen molar-refractivity contribution < 1.29 is 14.7 Å². The zero-order valence-corrected chi connectivity index (χ0v) is 15.6. The predicted octanol–water partition coefficient (Wildman–Crippen LogP) is 3.64. The molecule has 2 aromatic carbocycles. The number of carboxylic acid groups (broad SMARTS) is 1. The van der Waals surface area contributed by atoms with Gasteiger partial charge in [-0.05, 0) is 18.1 Å². The normalized spacial score (nSPS) is 20.7. The van der Waals surface area contributed by atoms with Gasteiger partial charge in [0.15, 0.2) is 0 Å². The van der Waals surface area contributed by atoms with Gasteiger partial charge < -0.3 is 10.0 Å². The maximum absolute atomic E-state index is 12.8. The average Bonchev–Trinajstić information content (AvgIpc) is 3.13. The van der Waals surface area contributed by atoms with Crippen LogP contribution in [0.15, 0.2) is 60.7 Å². The molecule has 1 heterocycles. The smallest absolute Gasteiger partial charge is 0.308 e. The number of carboxylic acids is 1. The van der Waals surface area contributed by atoms with Crippen LogP contribution in [0.1, 0.15) is 24.0 Å². The zero-order valence-electron chi connectivity index (χ0n) is 14.7. The van der Waals surface area contributed by atoms with E-state index < -0.39 is 11.9 Å². The lowest BCUT2D eigenvalue weighted by molar-refractivity contribution is -0.141. The van der Waals surface area contributed by atoms with Crippen molar-refractivity contribution in [3.05, 3.63) is 71.8 Å². The molecule has 3 rings (SSSR count). The van der Waals surface area contributed by atoms with Gasteiger partial charge in [0.1, 0.15) is 0 Å². The third kappa shape index (κ3) is 4.28. The number of likely N-dealkylation sites (tertiary alicyclic amines) is 1. The first-order valence-electron chi connectivity index (χ1n) is 8.78. The monoisotopic (exact) mass is 369 g/mol. The van der Waals surface area contributed by atoms with Crippen molar-refractivity contribution >= 4 is 23.6 Å². The summed E-state index contributed by atoms with van der Waals surface area (Å²) < 4.78 is 0. The summed E-state index contributed by atoms with van der Waals surface area (Å²) in [4.78, 5) is 26.2. The zero-order chi connectivity index (χ0) is 18.5. The van der Waals surface area contributed by atoms with E-state index in [0.717, 1.165) is 11.3 Å². The summed E-state index contributed by atoms with van der Waals surface area (Å²) in [5.74, 6) is -0.738. The maximum Gasteiger partial charge on any atom is 0.308 e. The highest BCUT2D eigenvalue weighted by molar-refractivity contribution is 7.99. The molecule has 136 valence electrons. The quantitative estimate of drug-likeness (QED) is 0.845. The Morgan fingerprint density at radius 1 is 1.08 bits per heavy atom. The van der Waals surface area contributed by atoms with Crippen LogP contribution in [-0.4, -0.2) is 40.2 Å². The van der Waals surface area contributed by atoms with E-state index in [1.807, 2.05) is 67.6 Å². The van der Waals surface area contributed by atoms with Gasteiger partial charge in [-0.1, -0.05) is 60.7 Å². The number of amides is 1. The largest absolute Gasteiger partial charge is 0.481 e. The van der Waals surface area contributed by atoms with E-state index in [9.17, 15) is 14.7 Å². The van der Waals surface area contributed by atoms with Gasteiger partial charge in [-0.15, -0.1) is 11.8 Å². The van der Waals surface area contributed by atoms with E-state index in [0.29, 0.717) is 6.54 Å². The minimum Gasteiger partial charge on any atom is -0.481 e. The molecule has 1 aliphatic heterocycles. The number of hydrogen-bond acceptors (Lipinski definition) is 3. The minimum absolute atomic E-state index is 0.0237. The molecular weight excluding hydrogens is 346 g/mol. The number of benzene rings is 2. The van der Waals surface area contributed by atoms with Crippen LogP contribution in [0.3, 0.4) is 0 Å². The van der Waals surface area contributed by atoms with Gasteiger partial charge in [-0.25, -0.2) is 0 Å². The van der Waals surface area contributed by atoms with Crippen molar-refractivity contribution in [1.82, 2.24) is 4.90 Å². The predicted molar refractivity (Wildman–Crippen MR) is 104 cm³/mol. The van der Waals surface area contributed by atoms with Crippen molar-refractivity contribution in [1.29, 1.82) is 0 Å². The van der Waals surface area contributed by atoms with E-state index in [2.05, 4.69) is 0 Å². The number of thioether (sulfide) groups is 1. The van der Waals surface area contributed by atoms with E-state index in [-0.39, 0.29) is 23.6 Å². The van der Waals surface area contributed by atoms with Crippen LogP contribution in [0.25, 0.3) is 0 Å². The van der Waals surface area contributed by atoms with Crippen molar-refractivity contribution in [2.75, 3.05) is 13.1 Å². The lowest BCUT2D eigenvalue weighted by Crippen LogP contribution is -2.35. The fraction of sp³-hybridized carbons (Fsp3) is 0.333. The van der Waals surface area contributed by atoms with E-state index in [4.69, 9.17) is 0 Å². The molecule has 0 saturated carbocycles. The van der Waals surface area contributed by atoms with Crippen LogP contribution in [0.4, 0.5) is 0 Å². The lowest BCUT2D eigenvalue weighted by atomic mass is 9.89. The molecule has 1 saturated heterocycles. The molecule has 0 aromatic heterocycles. The fourth-order valence-corrected chi connectivity index (χ4v) is 4.32. The summed E-state index contributed by atoms with van der Waals surface area (Å²) >= 11 is 1.59. The molecule has 2 aromatic rings. The molecule has 1 amide bonds. The molecule has 0 spiro atoms. The molecule has 5 heteroatoms. The molecule has 3 unspecified atom stereocenters. The summed E-state index contributed by atoms with van der Waals surface area (Å²) in [6.45, 7) is 2.65. The Labute approximate surface area is 158 Å². The molecule has 4 nitrogen and oxygen atoms in total. The molecule has 0 aliphatic carbocycles. The van der Waals surface area contributed by atoms with Crippen LogP contribution in [0.5, 0.6) is 0 Å². The first-order valence-corrected chi connectivity index (χ1v) is 9.83. The Kier molecular flexibility index (Phi) is 5.99. The Hall–Kier alpha value is -2.27. The summed E-state index contributed by atoms with van der Waals surface area (Å²) in [6, 6.07) is 19.7. The Bertz CT molecular complexity index is 750. The number of hydrogen-bond donors (Lipinski definition) is 1. The molecule has 3 atom stereocenters. The first-order chi connectivity index (χ1) is 12.6. The molecule has 0 bridgehead atoms. The van der Waals surface area contributed by atoms with Crippen molar-refractivity contribution in [3.63, 3.8) is 0 Å². The fourth-order valence-electron chi connectivity index (χ4n) is 3.40. The van der Waals surface area contributed by atoms with E-state index in [1.165, 1.54) is 5.56 Å². The molecule has 0 radical (unpaired) electrons. The third-order valence-corrected chi connectivity index (χ3v) is 6.07. The van der Waals surface area contributed by atoms with Crippen LogP contribution in [0.2, 0.25) is 0 Å². The summed E-state index contributed by atoms with van der Waals surface area (Å²) in [5, 5.41) is 9.40. The van der Waals surface area contributed by atoms with Crippen molar-refractivity contribution in [2.45, 2.75) is 23.8 Å². The number of carbonyl (C=O) groups is 2. The standard InChI is InChI=1S/C21H23NO3S/c1-15(26-14-16-8-4-2-5-9-16)20(23)22-12-18(19(13-22)21(24)25)17-10-6-3-7-11-17/h2-11,15,18-19H,12-14H2,1H3,(H,24,25). The van der Waals surface area contributed by atoms with Crippen molar-refractivity contribution in [3.8, 4) is 0 Å². The highest BCUT2D eigenvalue weighted by atomic mass is 32.2. The highest BCUT2D eigenvalue weighted by Crippen LogP contribution is 2.34. The Morgan fingerprint density at radius 2 is 1.69 bits per heavy atom. The SMILES string of the molecule is CC(SCc1ccccc1)C(=O)N1CC(C(=O)O)C(c2ccccc2)C1. The molecule has 1 N–H and O–H groups in total. The van der Waals surface area contributed by atoms with Gasteiger partial charge in [0.25, 0.3) is 0 Å². The Balaban J connectivity index is 1.65. The van der Waals surface area contributed by atoms with Gasteiger partial charge in [-0.2, -0.15) is 0 Å². The number of nitrogens with zero attached hydrogens (tertiary/aromatic N) is 1. The van der Waals surface area contributed by atoms with Gasteiger partial charge in [0, 0.05) is 24.8 Å². The summed E-state index contributed by atoms with van der Waals surface area (Å²) in [6.07, 6.45) is 0. The number of aliphatic carboxylic acids is 1. The maximum atomic E-state index is 12.8. The van der Waals surface area contributed by atoms with Gasteiger partial charge in [-0.3, -0.25) is 9.59 Å². The van der Waals surface area contributed by atoms with E-state index >= 15 is 0 Å². The second-order valence-electron chi connectivity index (χ2n) is 6.64.